The van der Waals surface area contributed by atoms with Crippen LogP contribution in [-0.4, -0.2) is 12.5 Å². The van der Waals surface area contributed by atoms with Crippen LogP contribution in [0.25, 0.3) is 0 Å². The molecule has 0 spiro atoms. The van der Waals surface area contributed by atoms with Gasteiger partial charge in [-0.15, -0.1) is 0 Å². The van der Waals surface area contributed by atoms with Gasteiger partial charge in [0.1, 0.15) is 11.9 Å². The van der Waals surface area contributed by atoms with Gasteiger partial charge in [-0.2, -0.15) is 0 Å². The molecule has 0 aromatic heterocycles. The molecule has 1 aliphatic rings. The van der Waals surface area contributed by atoms with Gasteiger partial charge in [0.2, 0.25) is 0 Å². The van der Waals surface area contributed by atoms with Crippen molar-refractivity contribution in [2.45, 2.75) is 77.3 Å². The average molecular weight is 443 g/mol. The molecule has 0 saturated carbocycles. The molecule has 31 heavy (non-hydrogen) atoms. The predicted octanol–water partition coefficient (Wildman–Crippen LogP) is 7.49. The fraction of sp³-hybridized carbons (Fsp3) is 0.500. The van der Waals surface area contributed by atoms with Crippen molar-refractivity contribution < 1.29 is 9.53 Å². The molecule has 0 bridgehead atoms. The third-order valence-corrected chi connectivity index (χ3v) is 6.02. The van der Waals surface area contributed by atoms with Gasteiger partial charge in [0.25, 0.3) is 5.91 Å². The lowest BCUT2D eigenvalue weighted by Gasteiger charge is -2.28. The monoisotopic (exact) mass is 442 g/mol. The van der Waals surface area contributed by atoms with E-state index in [2.05, 4.69) is 17.6 Å². The molecule has 5 heteroatoms. The molecule has 2 N–H and O–H groups in total. The summed E-state index contributed by atoms with van der Waals surface area (Å²) in [5, 5.41) is 6.88. The SMILES string of the molecule is CCCCCCCCCCCCOc1ccc(C2NC(=O)c3cc(Cl)ccc3N2)cc1. The molecule has 2 aromatic carbocycles. The molecular weight excluding hydrogens is 408 g/mol. The summed E-state index contributed by atoms with van der Waals surface area (Å²) in [6.45, 7) is 3.02. The number of ether oxygens (including phenoxy) is 1. The number of hydrogen-bond donors (Lipinski definition) is 2. The number of hydrogen-bond acceptors (Lipinski definition) is 3. The van der Waals surface area contributed by atoms with Crippen molar-refractivity contribution in [1.82, 2.24) is 5.32 Å². The first kappa shape index (κ1) is 23.5. The van der Waals surface area contributed by atoms with Crippen LogP contribution in [0.15, 0.2) is 42.5 Å². The third kappa shape index (κ3) is 7.46. The van der Waals surface area contributed by atoms with Crippen LogP contribution in [0.1, 0.15) is 93.2 Å². The molecule has 1 atom stereocenters. The van der Waals surface area contributed by atoms with E-state index in [-0.39, 0.29) is 12.1 Å². The fourth-order valence-electron chi connectivity index (χ4n) is 3.93. The van der Waals surface area contributed by atoms with E-state index in [0.29, 0.717) is 10.6 Å². The van der Waals surface area contributed by atoms with Crippen LogP contribution in [0, 0.1) is 0 Å². The second-order valence-corrected chi connectivity index (χ2v) is 8.78. The van der Waals surface area contributed by atoms with Gasteiger partial charge >= 0.3 is 0 Å². The summed E-state index contributed by atoms with van der Waals surface area (Å²) in [7, 11) is 0. The first-order valence-electron chi connectivity index (χ1n) is 11.8. The minimum absolute atomic E-state index is 0.123. The van der Waals surface area contributed by atoms with Crippen molar-refractivity contribution in [3.05, 3.63) is 58.6 Å². The van der Waals surface area contributed by atoms with Gasteiger partial charge in [-0.1, -0.05) is 88.4 Å². The van der Waals surface area contributed by atoms with Crippen LogP contribution in [-0.2, 0) is 0 Å². The highest BCUT2D eigenvalue weighted by molar-refractivity contribution is 6.31. The van der Waals surface area contributed by atoms with Gasteiger partial charge < -0.3 is 15.4 Å². The Morgan fingerprint density at radius 3 is 2.16 bits per heavy atom. The molecule has 2 aromatic rings. The Hall–Kier alpha value is -2.20. The minimum Gasteiger partial charge on any atom is -0.494 e. The number of fused-ring (bicyclic) bond motifs is 1. The second kappa shape index (κ2) is 12.6. The van der Waals surface area contributed by atoms with E-state index < -0.39 is 0 Å². The van der Waals surface area contributed by atoms with Gasteiger partial charge in [0.15, 0.2) is 0 Å². The maximum absolute atomic E-state index is 12.4. The van der Waals surface area contributed by atoms with Gasteiger partial charge in [0, 0.05) is 10.7 Å². The summed E-state index contributed by atoms with van der Waals surface area (Å²) in [6, 6.07) is 13.2. The normalized spacial score (nSPS) is 15.2. The van der Waals surface area contributed by atoms with E-state index in [9.17, 15) is 4.79 Å². The number of carbonyl (C=O) groups is 1. The molecule has 1 amide bonds. The summed E-state index contributed by atoms with van der Waals surface area (Å²) in [4.78, 5) is 12.4. The number of carbonyl (C=O) groups excluding carboxylic acids is 1. The smallest absolute Gasteiger partial charge is 0.255 e. The Morgan fingerprint density at radius 1 is 0.839 bits per heavy atom. The molecular formula is C26H35ClN2O2. The molecule has 0 radical (unpaired) electrons. The topological polar surface area (TPSA) is 50.4 Å². The highest BCUT2D eigenvalue weighted by atomic mass is 35.5. The summed E-state index contributed by atoms with van der Waals surface area (Å²) in [5.41, 5.74) is 2.35. The zero-order chi connectivity index (χ0) is 21.9. The van der Waals surface area contributed by atoms with Crippen molar-refractivity contribution in [2.24, 2.45) is 0 Å². The third-order valence-electron chi connectivity index (χ3n) is 5.78. The molecule has 1 heterocycles. The van der Waals surface area contributed by atoms with Gasteiger partial charge in [-0.25, -0.2) is 0 Å². The summed E-state index contributed by atoms with van der Waals surface area (Å²) in [5.74, 6) is 0.747. The van der Waals surface area contributed by atoms with Crippen molar-refractivity contribution in [1.29, 1.82) is 0 Å². The van der Waals surface area contributed by atoms with E-state index in [0.717, 1.165) is 30.0 Å². The Bertz CT molecular complexity index is 823. The zero-order valence-corrected chi connectivity index (χ0v) is 19.3. The number of halogens is 1. The maximum Gasteiger partial charge on any atom is 0.255 e. The van der Waals surface area contributed by atoms with Crippen LogP contribution >= 0.6 is 11.6 Å². The average Bonchev–Trinajstić information content (AvgIpc) is 2.78. The highest BCUT2D eigenvalue weighted by Crippen LogP contribution is 2.29. The van der Waals surface area contributed by atoms with E-state index >= 15 is 0 Å². The fourth-order valence-corrected chi connectivity index (χ4v) is 4.11. The van der Waals surface area contributed by atoms with Crippen LogP contribution < -0.4 is 15.4 Å². The standard InChI is InChI=1S/C26H35ClN2O2/c1-2-3-4-5-6-7-8-9-10-11-18-31-22-15-12-20(13-16-22)25-28-24-17-14-21(27)19-23(24)26(30)29-25/h12-17,19,25,28H,2-11,18H2,1H3,(H,29,30). The number of rotatable bonds is 13. The maximum atomic E-state index is 12.4. The summed E-state index contributed by atoms with van der Waals surface area (Å²) >= 11 is 6.00. The molecule has 1 unspecified atom stereocenters. The Balaban J connectivity index is 1.34. The number of anilines is 1. The van der Waals surface area contributed by atoms with Crippen LogP contribution in [0.3, 0.4) is 0 Å². The molecule has 0 aliphatic carbocycles. The van der Waals surface area contributed by atoms with Crippen molar-refractivity contribution >= 4 is 23.2 Å². The first-order chi connectivity index (χ1) is 15.2. The molecule has 1 aliphatic heterocycles. The Labute approximate surface area is 191 Å². The molecule has 3 rings (SSSR count). The number of nitrogens with one attached hydrogen (secondary N) is 2. The number of amides is 1. The Morgan fingerprint density at radius 2 is 1.48 bits per heavy atom. The van der Waals surface area contributed by atoms with E-state index in [1.54, 1.807) is 12.1 Å². The molecule has 0 fully saturated rings. The van der Waals surface area contributed by atoms with Crippen molar-refractivity contribution in [3.63, 3.8) is 0 Å². The van der Waals surface area contributed by atoms with Gasteiger partial charge in [0.05, 0.1) is 12.2 Å². The van der Waals surface area contributed by atoms with E-state index in [1.807, 2.05) is 30.3 Å². The quantitative estimate of drug-likeness (QED) is 0.316. The van der Waals surface area contributed by atoms with Gasteiger partial charge in [-0.3, -0.25) is 4.79 Å². The summed E-state index contributed by atoms with van der Waals surface area (Å²) in [6.07, 6.45) is 13.0. The Kier molecular flexibility index (Phi) is 9.54. The minimum atomic E-state index is -0.266. The molecule has 4 nitrogen and oxygen atoms in total. The van der Waals surface area contributed by atoms with Crippen molar-refractivity contribution in [2.75, 3.05) is 11.9 Å². The lowest BCUT2D eigenvalue weighted by Crippen LogP contribution is -2.38. The lowest BCUT2D eigenvalue weighted by molar-refractivity contribution is 0.0935. The molecule has 168 valence electrons. The van der Waals surface area contributed by atoms with Crippen LogP contribution in [0.4, 0.5) is 5.69 Å². The van der Waals surface area contributed by atoms with Crippen molar-refractivity contribution in [3.8, 4) is 5.75 Å². The number of benzene rings is 2. The van der Waals surface area contributed by atoms with Crippen LogP contribution in [0.5, 0.6) is 5.75 Å². The largest absolute Gasteiger partial charge is 0.494 e. The lowest BCUT2D eigenvalue weighted by atomic mass is 10.1. The predicted molar refractivity (Wildman–Crippen MR) is 129 cm³/mol. The number of unbranched alkanes of at least 4 members (excludes halogenated alkanes) is 9. The van der Waals surface area contributed by atoms with E-state index in [1.165, 1.54) is 57.8 Å². The van der Waals surface area contributed by atoms with Crippen LogP contribution in [0.2, 0.25) is 5.02 Å². The van der Waals surface area contributed by atoms with E-state index in [4.69, 9.17) is 16.3 Å². The zero-order valence-electron chi connectivity index (χ0n) is 18.6. The first-order valence-corrected chi connectivity index (χ1v) is 12.1. The summed E-state index contributed by atoms with van der Waals surface area (Å²) < 4.78 is 5.89. The highest BCUT2D eigenvalue weighted by Gasteiger charge is 2.24. The second-order valence-electron chi connectivity index (χ2n) is 8.34. The van der Waals surface area contributed by atoms with Gasteiger partial charge in [-0.05, 0) is 42.3 Å². The molecule has 0 saturated heterocycles.